The number of hydrogen-bond donors (Lipinski definition) is 0. The van der Waals surface area contributed by atoms with E-state index < -0.39 is 0 Å². The topological polar surface area (TPSA) is 55.4 Å². The van der Waals surface area contributed by atoms with Gasteiger partial charge in [0.05, 0.1) is 77.3 Å². The third-order valence-corrected chi connectivity index (χ3v) is 5.85. The first-order valence-electron chi connectivity index (χ1n) is 8.24. The molecule has 0 aliphatic carbocycles. The van der Waals surface area contributed by atoms with Crippen LogP contribution in [-0.4, -0.2) is 87.9 Å². The highest BCUT2D eigenvalue weighted by molar-refractivity contribution is 9.09. The van der Waals surface area contributed by atoms with Crippen LogP contribution >= 0.6 is 31.9 Å². The van der Waals surface area contributed by atoms with Crippen molar-refractivity contribution in [2.45, 2.75) is 25.0 Å². The van der Waals surface area contributed by atoms with Gasteiger partial charge in [0.1, 0.15) is 0 Å². The number of rotatable bonds is 2. The zero-order valence-corrected chi connectivity index (χ0v) is 17.9. The molecule has 24 heavy (non-hydrogen) atoms. The molecule has 0 aromatic heterocycles. The van der Waals surface area contributed by atoms with Gasteiger partial charge in [-0.05, 0) is 13.8 Å². The van der Waals surface area contributed by atoms with E-state index in [0.717, 1.165) is 0 Å². The van der Waals surface area contributed by atoms with Crippen molar-refractivity contribution in [2.24, 2.45) is 0 Å². The van der Waals surface area contributed by atoms with Crippen LogP contribution in [0.1, 0.15) is 13.8 Å². The van der Waals surface area contributed by atoms with Gasteiger partial charge in [0.2, 0.25) is 0 Å². The summed E-state index contributed by atoms with van der Waals surface area (Å²) in [5, 5.41) is 1.39. The summed E-state index contributed by atoms with van der Waals surface area (Å²) in [5.74, 6) is 0. The summed E-state index contributed by atoms with van der Waals surface area (Å²) < 4.78 is 34.1. The SMILES string of the molecule is C[C@@]1(CBr)COCCOCCOC[C@@](C)(CBr)OCCOCCO1. The molecular weight excluding hydrogens is 448 g/mol. The lowest BCUT2D eigenvalue weighted by molar-refractivity contribution is -0.113. The number of halogens is 2. The Hall–Kier alpha value is 0.720. The summed E-state index contributed by atoms with van der Waals surface area (Å²) in [6.07, 6.45) is 0. The van der Waals surface area contributed by atoms with E-state index in [9.17, 15) is 0 Å². The lowest BCUT2D eigenvalue weighted by atomic mass is 10.1. The molecule has 1 heterocycles. The van der Waals surface area contributed by atoms with Gasteiger partial charge >= 0.3 is 0 Å². The van der Waals surface area contributed by atoms with Crippen molar-refractivity contribution in [1.82, 2.24) is 0 Å². The van der Waals surface area contributed by atoms with E-state index in [1.54, 1.807) is 0 Å². The molecule has 0 unspecified atom stereocenters. The summed E-state index contributed by atoms with van der Waals surface area (Å²) in [6.45, 7) is 9.26. The van der Waals surface area contributed by atoms with Gasteiger partial charge in [0.15, 0.2) is 0 Å². The Morgan fingerprint density at radius 2 is 0.917 bits per heavy atom. The van der Waals surface area contributed by atoms with Crippen LogP contribution in [0.5, 0.6) is 0 Å². The van der Waals surface area contributed by atoms with Gasteiger partial charge in [-0.15, -0.1) is 0 Å². The van der Waals surface area contributed by atoms with Crippen LogP contribution in [0.4, 0.5) is 0 Å². The molecule has 0 aromatic carbocycles. The molecule has 0 amide bonds. The molecule has 0 N–H and O–H groups in total. The molecule has 0 radical (unpaired) electrons. The maximum absolute atomic E-state index is 5.88. The van der Waals surface area contributed by atoms with Gasteiger partial charge < -0.3 is 28.4 Å². The second-order valence-electron chi connectivity index (χ2n) is 6.19. The molecule has 1 fully saturated rings. The Labute approximate surface area is 162 Å². The Morgan fingerprint density at radius 1 is 0.583 bits per heavy atom. The molecule has 144 valence electrons. The highest BCUT2D eigenvalue weighted by atomic mass is 79.9. The van der Waals surface area contributed by atoms with Crippen molar-refractivity contribution in [3.63, 3.8) is 0 Å². The molecule has 0 bridgehead atoms. The molecule has 8 heteroatoms. The van der Waals surface area contributed by atoms with Crippen molar-refractivity contribution in [3.05, 3.63) is 0 Å². The van der Waals surface area contributed by atoms with Gasteiger partial charge in [-0.3, -0.25) is 0 Å². The predicted octanol–water partition coefficient (Wildman–Crippen LogP) is 2.41. The van der Waals surface area contributed by atoms with Gasteiger partial charge in [-0.2, -0.15) is 0 Å². The molecule has 1 rings (SSSR count). The molecule has 6 nitrogen and oxygen atoms in total. The number of hydrogen-bond acceptors (Lipinski definition) is 6. The fourth-order valence-electron chi connectivity index (χ4n) is 1.95. The highest BCUT2D eigenvalue weighted by Gasteiger charge is 2.25. The third-order valence-electron chi connectivity index (χ3n) is 3.48. The Kier molecular flexibility index (Phi) is 12.3. The second kappa shape index (κ2) is 13.0. The summed E-state index contributed by atoms with van der Waals surface area (Å²) in [7, 11) is 0. The molecule has 2 atom stereocenters. The second-order valence-corrected chi connectivity index (χ2v) is 7.32. The van der Waals surface area contributed by atoms with Crippen molar-refractivity contribution in [2.75, 3.05) is 76.7 Å². The summed E-state index contributed by atoms with van der Waals surface area (Å²) in [4.78, 5) is 0. The van der Waals surface area contributed by atoms with Gasteiger partial charge in [0, 0.05) is 10.7 Å². The number of alkyl halides is 2. The lowest BCUT2D eigenvalue weighted by Gasteiger charge is -2.29. The van der Waals surface area contributed by atoms with E-state index in [0.29, 0.717) is 76.7 Å². The largest absolute Gasteiger partial charge is 0.377 e. The summed E-state index contributed by atoms with van der Waals surface area (Å²) in [6, 6.07) is 0. The fraction of sp³-hybridized carbons (Fsp3) is 1.00. The third kappa shape index (κ3) is 10.0. The normalized spacial score (nSPS) is 33.5. The maximum atomic E-state index is 5.88. The van der Waals surface area contributed by atoms with Crippen molar-refractivity contribution < 1.29 is 28.4 Å². The number of ether oxygens (including phenoxy) is 6. The first-order valence-corrected chi connectivity index (χ1v) is 10.5. The zero-order chi connectivity index (χ0) is 17.7. The minimum absolute atomic E-state index is 0.372. The highest BCUT2D eigenvalue weighted by Crippen LogP contribution is 2.16. The molecule has 1 saturated heterocycles. The van der Waals surface area contributed by atoms with E-state index in [2.05, 4.69) is 31.9 Å². The molecule has 0 aromatic rings. The van der Waals surface area contributed by atoms with Crippen molar-refractivity contribution >= 4 is 31.9 Å². The van der Waals surface area contributed by atoms with Crippen LogP contribution in [0.25, 0.3) is 0 Å². The standard InChI is InChI=1S/C16H30Br2O6/c1-15(11-17)13-21-5-3-19-4-6-22-14-16(2,12-18)24-10-8-20-7-9-23-15/h3-14H2,1-2H3/t15-,16-/m1/s1. The monoisotopic (exact) mass is 476 g/mol. The van der Waals surface area contributed by atoms with Crippen molar-refractivity contribution in [3.8, 4) is 0 Å². The van der Waals surface area contributed by atoms with Gasteiger partial charge in [0.25, 0.3) is 0 Å². The Morgan fingerprint density at radius 3 is 1.29 bits per heavy atom. The van der Waals surface area contributed by atoms with E-state index in [1.807, 2.05) is 13.8 Å². The minimum Gasteiger partial charge on any atom is -0.377 e. The fourth-order valence-corrected chi connectivity index (χ4v) is 2.60. The molecule has 0 spiro atoms. The predicted molar refractivity (Wildman–Crippen MR) is 99.6 cm³/mol. The van der Waals surface area contributed by atoms with Crippen molar-refractivity contribution in [1.29, 1.82) is 0 Å². The first kappa shape index (κ1) is 22.8. The van der Waals surface area contributed by atoms with Gasteiger partial charge in [-0.1, -0.05) is 31.9 Å². The molecule has 0 saturated carbocycles. The molecule has 1 aliphatic heterocycles. The maximum Gasteiger partial charge on any atom is 0.0984 e. The van der Waals surface area contributed by atoms with E-state index in [4.69, 9.17) is 28.4 Å². The molecular formula is C16H30Br2O6. The molecule has 1 aliphatic rings. The minimum atomic E-state index is -0.372. The lowest BCUT2D eigenvalue weighted by Crippen LogP contribution is -2.39. The van der Waals surface area contributed by atoms with Gasteiger partial charge in [-0.25, -0.2) is 0 Å². The average Bonchev–Trinajstić information content (AvgIpc) is 2.59. The summed E-state index contributed by atoms with van der Waals surface area (Å²) in [5.41, 5.74) is -0.744. The zero-order valence-electron chi connectivity index (χ0n) is 14.7. The van der Waals surface area contributed by atoms with Crippen LogP contribution in [0.15, 0.2) is 0 Å². The van der Waals surface area contributed by atoms with E-state index in [1.165, 1.54) is 0 Å². The smallest absolute Gasteiger partial charge is 0.0984 e. The first-order chi connectivity index (χ1) is 11.5. The van der Waals surface area contributed by atoms with Crippen LogP contribution in [0.3, 0.4) is 0 Å². The quantitative estimate of drug-likeness (QED) is 0.569. The Bertz CT molecular complexity index is 295. The van der Waals surface area contributed by atoms with E-state index >= 15 is 0 Å². The average molecular weight is 478 g/mol. The van der Waals surface area contributed by atoms with Crippen LogP contribution in [0, 0.1) is 0 Å². The van der Waals surface area contributed by atoms with Crippen LogP contribution in [-0.2, 0) is 28.4 Å². The van der Waals surface area contributed by atoms with Crippen LogP contribution in [0.2, 0.25) is 0 Å². The Balaban J connectivity index is 2.42. The van der Waals surface area contributed by atoms with E-state index in [-0.39, 0.29) is 11.2 Å². The van der Waals surface area contributed by atoms with Crippen LogP contribution < -0.4 is 0 Å². The summed E-state index contributed by atoms with van der Waals surface area (Å²) >= 11 is 6.96.